The first-order valence-electron chi connectivity index (χ1n) is 6.05. The van der Waals surface area contributed by atoms with Gasteiger partial charge in [0.2, 0.25) is 0 Å². The van der Waals surface area contributed by atoms with Gasteiger partial charge in [0, 0.05) is 11.1 Å². The second kappa shape index (κ2) is 4.22. The van der Waals surface area contributed by atoms with Gasteiger partial charge in [0.05, 0.1) is 19.7 Å². The molecule has 0 fully saturated rings. The summed E-state index contributed by atoms with van der Waals surface area (Å²) in [6.45, 7) is 0. The van der Waals surface area contributed by atoms with Crippen molar-refractivity contribution in [1.82, 2.24) is 0 Å². The van der Waals surface area contributed by atoms with Crippen molar-refractivity contribution in [3.63, 3.8) is 0 Å². The maximum Gasteiger partial charge on any atom is 0.326 e. The van der Waals surface area contributed by atoms with Crippen molar-refractivity contribution in [2.45, 2.75) is 0 Å². The molecule has 0 amide bonds. The molecule has 1 aliphatic heterocycles. The molecular weight excluding hydrogens is 220 g/mol. The van der Waals surface area contributed by atoms with Gasteiger partial charge in [-0.3, -0.25) is 4.58 Å². The second-order valence-electron chi connectivity index (χ2n) is 4.59. The molecule has 0 unspecified atom stereocenters. The maximum absolute atomic E-state index is 4.78. The quantitative estimate of drug-likeness (QED) is 0.675. The predicted octanol–water partition coefficient (Wildman–Crippen LogP) is 2.56. The highest BCUT2D eigenvalue weighted by atomic mass is 15.0. The zero-order chi connectivity index (χ0) is 12.5. The Morgan fingerprint density at radius 1 is 0.778 bits per heavy atom. The molecule has 0 aromatic heterocycles. The van der Waals surface area contributed by atoms with E-state index >= 15 is 0 Å². The predicted molar refractivity (Wildman–Crippen MR) is 74.7 cm³/mol. The lowest BCUT2D eigenvalue weighted by molar-refractivity contribution is -0.464. The maximum atomic E-state index is 4.78. The van der Waals surface area contributed by atoms with E-state index in [-0.39, 0.29) is 0 Å². The van der Waals surface area contributed by atoms with Gasteiger partial charge in [-0.15, -0.1) is 0 Å². The van der Waals surface area contributed by atoms with E-state index in [4.69, 9.17) is 4.99 Å². The van der Waals surface area contributed by atoms with E-state index in [2.05, 4.69) is 41.0 Å². The molecule has 2 aromatic rings. The molecule has 3 rings (SSSR count). The fraction of sp³-hybridized carbons (Fsp3) is 0.125. The second-order valence-corrected chi connectivity index (χ2v) is 4.59. The minimum Gasteiger partial charge on any atom is -0.263 e. The first-order chi connectivity index (χ1) is 8.77. The Balaban J connectivity index is 2.24. The number of aliphatic imine (C=N–C) groups is 1. The lowest BCUT2D eigenvalue weighted by Gasteiger charge is -1.98. The molecule has 2 aromatic carbocycles. The van der Waals surface area contributed by atoms with Gasteiger partial charge in [-0.25, -0.2) is 0 Å². The van der Waals surface area contributed by atoms with Gasteiger partial charge in [0.25, 0.3) is 0 Å². The van der Waals surface area contributed by atoms with E-state index < -0.39 is 0 Å². The van der Waals surface area contributed by atoms with Gasteiger partial charge in [0.1, 0.15) is 0 Å². The van der Waals surface area contributed by atoms with Crippen molar-refractivity contribution < 1.29 is 4.58 Å². The first-order valence-corrected chi connectivity index (χ1v) is 6.05. The van der Waals surface area contributed by atoms with Crippen LogP contribution in [0.5, 0.6) is 0 Å². The molecule has 2 nitrogen and oxygen atoms in total. The molecule has 0 atom stereocenters. The summed E-state index contributed by atoms with van der Waals surface area (Å²) in [6, 6.07) is 18.7. The molecular formula is C16H15N2+. The van der Waals surface area contributed by atoms with Crippen LogP contribution in [-0.2, 0) is 0 Å². The number of rotatable bonds is 1. The third-order valence-corrected chi connectivity index (χ3v) is 3.11. The smallest absolute Gasteiger partial charge is 0.263 e. The molecule has 0 aliphatic carbocycles. The highest BCUT2D eigenvalue weighted by molar-refractivity contribution is 6.27. The summed E-state index contributed by atoms with van der Waals surface area (Å²) in [5, 5.41) is 0. The summed E-state index contributed by atoms with van der Waals surface area (Å²) >= 11 is 0. The third kappa shape index (κ3) is 1.66. The van der Waals surface area contributed by atoms with Gasteiger partial charge in [-0.1, -0.05) is 42.5 Å². The standard InChI is InChI=1S/C16H15N2/c1-18(2)16-14-11-7-6-10-13(14)15(17-16)12-8-4-3-5-9-12/h3-11H,1-2H3/q+1. The van der Waals surface area contributed by atoms with Crippen LogP contribution < -0.4 is 0 Å². The van der Waals surface area contributed by atoms with E-state index in [0.29, 0.717) is 0 Å². The molecule has 88 valence electrons. The van der Waals surface area contributed by atoms with Crippen LogP contribution in [0.4, 0.5) is 0 Å². The minimum absolute atomic E-state index is 1.03. The molecule has 0 radical (unpaired) electrons. The summed E-state index contributed by atoms with van der Waals surface area (Å²) in [5.74, 6) is 1.03. The van der Waals surface area contributed by atoms with Gasteiger partial charge < -0.3 is 0 Å². The molecule has 0 saturated carbocycles. The normalized spacial score (nSPS) is 13.2. The summed E-state index contributed by atoms with van der Waals surface area (Å²) in [6.07, 6.45) is 0. The highest BCUT2D eigenvalue weighted by Crippen LogP contribution is 2.22. The van der Waals surface area contributed by atoms with Crippen LogP contribution >= 0.6 is 0 Å². The highest BCUT2D eigenvalue weighted by Gasteiger charge is 2.30. The molecule has 0 bridgehead atoms. The molecule has 0 N–H and O–H groups in total. The molecule has 1 aliphatic rings. The van der Waals surface area contributed by atoms with E-state index in [0.717, 1.165) is 11.5 Å². The lowest BCUT2D eigenvalue weighted by Crippen LogP contribution is -2.09. The Bertz CT molecular complexity index is 648. The van der Waals surface area contributed by atoms with Crippen LogP contribution in [0, 0.1) is 0 Å². The first kappa shape index (κ1) is 10.9. The summed E-state index contributed by atoms with van der Waals surface area (Å²) < 4.78 is 2.06. The van der Waals surface area contributed by atoms with Gasteiger partial charge in [-0.2, -0.15) is 0 Å². The van der Waals surface area contributed by atoms with Crippen LogP contribution in [-0.4, -0.2) is 30.2 Å². The SMILES string of the molecule is C[N+](C)=C1N=C(c2ccccc2)c2ccccc21. The number of benzene rings is 2. The van der Waals surface area contributed by atoms with E-state index in [1.54, 1.807) is 0 Å². The van der Waals surface area contributed by atoms with Crippen LogP contribution in [0.25, 0.3) is 0 Å². The summed E-state index contributed by atoms with van der Waals surface area (Å²) in [5.41, 5.74) is 4.66. The zero-order valence-corrected chi connectivity index (χ0v) is 10.6. The third-order valence-electron chi connectivity index (χ3n) is 3.11. The Morgan fingerprint density at radius 2 is 1.39 bits per heavy atom. The van der Waals surface area contributed by atoms with Crippen LogP contribution in [0.1, 0.15) is 16.7 Å². The number of amidine groups is 1. The van der Waals surface area contributed by atoms with Crippen molar-refractivity contribution >= 4 is 11.5 Å². The Hall–Kier alpha value is -2.22. The fourth-order valence-corrected chi connectivity index (χ4v) is 2.27. The molecule has 1 heterocycles. The molecule has 0 saturated heterocycles. The number of nitrogens with zero attached hydrogens (tertiary/aromatic N) is 2. The number of hydrogen-bond donors (Lipinski definition) is 0. The van der Waals surface area contributed by atoms with Gasteiger partial charge in [-0.05, 0) is 17.1 Å². The van der Waals surface area contributed by atoms with Crippen LogP contribution in [0.2, 0.25) is 0 Å². The van der Waals surface area contributed by atoms with E-state index in [1.165, 1.54) is 16.7 Å². The summed E-state index contributed by atoms with van der Waals surface area (Å²) in [7, 11) is 4.06. The zero-order valence-electron chi connectivity index (χ0n) is 10.6. The lowest BCUT2D eigenvalue weighted by atomic mass is 10.0. The largest absolute Gasteiger partial charge is 0.326 e. The van der Waals surface area contributed by atoms with Crippen molar-refractivity contribution in [1.29, 1.82) is 0 Å². The van der Waals surface area contributed by atoms with Crippen molar-refractivity contribution in [3.8, 4) is 0 Å². The van der Waals surface area contributed by atoms with E-state index in [9.17, 15) is 0 Å². The number of hydrogen-bond acceptors (Lipinski definition) is 0. The van der Waals surface area contributed by atoms with E-state index in [1.807, 2.05) is 32.3 Å². The van der Waals surface area contributed by atoms with Crippen molar-refractivity contribution in [3.05, 3.63) is 71.3 Å². The van der Waals surface area contributed by atoms with Crippen LogP contribution in [0.3, 0.4) is 0 Å². The average molecular weight is 235 g/mol. The van der Waals surface area contributed by atoms with Gasteiger partial charge >= 0.3 is 5.84 Å². The Morgan fingerprint density at radius 3 is 2.06 bits per heavy atom. The fourth-order valence-electron chi connectivity index (χ4n) is 2.27. The van der Waals surface area contributed by atoms with Crippen molar-refractivity contribution in [2.75, 3.05) is 14.1 Å². The Kier molecular flexibility index (Phi) is 2.56. The Labute approximate surface area is 107 Å². The molecule has 18 heavy (non-hydrogen) atoms. The minimum atomic E-state index is 1.03. The average Bonchev–Trinajstić information content (AvgIpc) is 2.79. The number of fused-ring (bicyclic) bond motifs is 1. The monoisotopic (exact) mass is 235 g/mol. The topological polar surface area (TPSA) is 15.4 Å². The summed E-state index contributed by atoms with van der Waals surface area (Å²) in [4.78, 5) is 4.78. The van der Waals surface area contributed by atoms with Crippen molar-refractivity contribution in [2.24, 2.45) is 4.99 Å². The van der Waals surface area contributed by atoms with Gasteiger partial charge in [0.15, 0.2) is 5.71 Å². The van der Waals surface area contributed by atoms with Crippen LogP contribution in [0.15, 0.2) is 59.6 Å². The molecule has 2 heteroatoms. The molecule has 0 spiro atoms.